The summed E-state index contributed by atoms with van der Waals surface area (Å²) in [5, 5.41) is 0. The zero-order chi connectivity index (χ0) is 12.0. The van der Waals surface area contributed by atoms with E-state index in [9.17, 15) is 4.79 Å². The minimum Gasteiger partial charge on any atom is -0.302 e. The van der Waals surface area contributed by atoms with Gasteiger partial charge in [-0.2, -0.15) is 0 Å². The molecule has 3 rings (SSSR count). The summed E-state index contributed by atoms with van der Waals surface area (Å²) in [6, 6.07) is 4.06. The third-order valence-corrected chi connectivity index (χ3v) is 3.70. The van der Waals surface area contributed by atoms with E-state index in [4.69, 9.17) is 0 Å². The number of nitrogens with zero attached hydrogens (tertiary/aromatic N) is 2. The van der Waals surface area contributed by atoms with Crippen LogP contribution in [-0.2, 0) is 0 Å². The van der Waals surface area contributed by atoms with E-state index in [0.717, 1.165) is 16.9 Å². The number of aromatic nitrogens is 2. The number of fused-ring (bicyclic) bond motifs is 1. The highest BCUT2D eigenvalue weighted by Gasteiger charge is 2.26. The van der Waals surface area contributed by atoms with Crippen LogP contribution in [-0.4, -0.2) is 15.2 Å². The van der Waals surface area contributed by atoms with Gasteiger partial charge in [0.05, 0.1) is 5.52 Å². The lowest BCUT2D eigenvalue weighted by atomic mass is 9.85. The Morgan fingerprint density at radius 1 is 1.47 bits per heavy atom. The molecule has 3 nitrogen and oxygen atoms in total. The molecule has 0 radical (unpaired) electrons. The largest absolute Gasteiger partial charge is 0.302 e. The Morgan fingerprint density at radius 3 is 2.82 bits per heavy atom. The van der Waals surface area contributed by atoms with E-state index >= 15 is 0 Å². The third kappa shape index (κ3) is 1.49. The molecule has 0 saturated heterocycles. The average Bonchev–Trinajstić information content (AvgIpc) is 2.57. The first kappa shape index (κ1) is 10.5. The van der Waals surface area contributed by atoms with E-state index in [2.05, 4.69) is 9.38 Å². The maximum atomic E-state index is 11.7. The van der Waals surface area contributed by atoms with Crippen molar-refractivity contribution >= 4 is 11.3 Å². The van der Waals surface area contributed by atoms with Gasteiger partial charge in [-0.25, -0.2) is 4.98 Å². The van der Waals surface area contributed by atoms with Gasteiger partial charge in [0, 0.05) is 19.0 Å². The van der Waals surface area contributed by atoms with Crippen LogP contribution in [0.1, 0.15) is 54.0 Å². The Bertz CT molecular complexity index is 594. The Kier molecular flexibility index (Phi) is 2.28. The number of carbonyl (C=O) groups excluding carboxylic acids is 1. The number of aryl methyl sites for hydroxylation is 1. The summed E-state index contributed by atoms with van der Waals surface area (Å²) in [6.45, 7) is 3.63. The Hall–Kier alpha value is -1.64. The highest BCUT2D eigenvalue weighted by molar-refractivity contribution is 5.99. The minimum atomic E-state index is 0.0578. The van der Waals surface area contributed by atoms with Gasteiger partial charge < -0.3 is 4.40 Å². The van der Waals surface area contributed by atoms with Gasteiger partial charge in [-0.05, 0) is 31.4 Å². The molecule has 0 aliphatic heterocycles. The lowest BCUT2D eigenvalue weighted by Crippen LogP contribution is -2.12. The number of imidazole rings is 1. The van der Waals surface area contributed by atoms with E-state index < -0.39 is 0 Å². The standard InChI is InChI=1S/C14H16N2O/c1-9-5-4-8-16-13(9)12(10(2)17)15-14(16)11-6-3-7-11/h4-5,8,11H,3,6-7H2,1-2H3. The molecule has 17 heavy (non-hydrogen) atoms. The predicted octanol–water partition coefficient (Wildman–Crippen LogP) is 3.11. The fraction of sp³-hybridized carbons (Fsp3) is 0.429. The number of carbonyl (C=O) groups is 1. The van der Waals surface area contributed by atoms with Crippen molar-refractivity contribution in [2.24, 2.45) is 0 Å². The summed E-state index contributed by atoms with van der Waals surface area (Å²) in [5.74, 6) is 1.67. The lowest BCUT2D eigenvalue weighted by molar-refractivity contribution is 0.101. The van der Waals surface area contributed by atoms with Crippen molar-refractivity contribution in [1.29, 1.82) is 0 Å². The van der Waals surface area contributed by atoms with Crippen molar-refractivity contribution in [2.45, 2.75) is 39.0 Å². The summed E-state index contributed by atoms with van der Waals surface area (Å²) < 4.78 is 2.11. The van der Waals surface area contributed by atoms with Crippen LogP contribution in [0.4, 0.5) is 0 Å². The first-order valence-electron chi connectivity index (χ1n) is 6.17. The van der Waals surface area contributed by atoms with Crippen molar-refractivity contribution in [3.8, 4) is 0 Å². The first-order chi connectivity index (χ1) is 8.18. The molecule has 1 saturated carbocycles. The molecule has 0 N–H and O–H groups in total. The Labute approximate surface area is 100 Å². The van der Waals surface area contributed by atoms with Gasteiger partial charge in [-0.3, -0.25) is 4.79 Å². The number of hydrogen-bond donors (Lipinski definition) is 0. The Morgan fingerprint density at radius 2 is 2.24 bits per heavy atom. The van der Waals surface area contributed by atoms with Gasteiger partial charge in [0.15, 0.2) is 5.78 Å². The van der Waals surface area contributed by atoms with Crippen LogP contribution >= 0.6 is 0 Å². The van der Waals surface area contributed by atoms with Crippen molar-refractivity contribution in [1.82, 2.24) is 9.38 Å². The molecule has 0 amide bonds. The van der Waals surface area contributed by atoms with E-state index in [0.29, 0.717) is 11.6 Å². The zero-order valence-corrected chi connectivity index (χ0v) is 10.2. The van der Waals surface area contributed by atoms with E-state index in [1.807, 2.05) is 25.3 Å². The fourth-order valence-corrected chi connectivity index (χ4v) is 2.53. The maximum Gasteiger partial charge on any atom is 0.180 e. The summed E-state index contributed by atoms with van der Waals surface area (Å²) in [5.41, 5.74) is 2.74. The topological polar surface area (TPSA) is 34.4 Å². The molecule has 0 atom stereocenters. The van der Waals surface area contributed by atoms with Gasteiger partial charge in [-0.15, -0.1) is 0 Å². The highest BCUT2D eigenvalue weighted by Crippen LogP contribution is 2.36. The number of Topliss-reactive ketones (excluding diaryl/α,β-unsaturated/α-hetero) is 1. The molecule has 0 unspecified atom stereocenters. The summed E-state index contributed by atoms with van der Waals surface area (Å²) in [7, 11) is 0. The molecule has 2 aromatic heterocycles. The van der Waals surface area contributed by atoms with Crippen LogP contribution in [0.25, 0.3) is 5.52 Å². The molecule has 1 aliphatic carbocycles. The number of ketones is 1. The predicted molar refractivity (Wildman–Crippen MR) is 66.5 cm³/mol. The number of pyridine rings is 1. The molecular weight excluding hydrogens is 212 g/mol. The molecule has 0 spiro atoms. The van der Waals surface area contributed by atoms with Crippen LogP contribution in [0.3, 0.4) is 0 Å². The highest BCUT2D eigenvalue weighted by atomic mass is 16.1. The first-order valence-corrected chi connectivity index (χ1v) is 6.17. The summed E-state index contributed by atoms with van der Waals surface area (Å²) in [4.78, 5) is 16.3. The molecule has 88 valence electrons. The van der Waals surface area contributed by atoms with Crippen LogP contribution < -0.4 is 0 Å². The number of hydrogen-bond acceptors (Lipinski definition) is 2. The average molecular weight is 228 g/mol. The normalized spacial score (nSPS) is 16.1. The van der Waals surface area contributed by atoms with Crippen molar-refractivity contribution < 1.29 is 4.79 Å². The second-order valence-corrected chi connectivity index (χ2v) is 4.91. The van der Waals surface area contributed by atoms with E-state index in [1.54, 1.807) is 6.92 Å². The van der Waals surface area contributed by atoms with E-state index in [-0.39, 0.29) is 5.78 Å². The lowest BCUT2D eigenvalue weighted by Gasteiger charge is -2.23. The zero-order valence-electron chi connectivity index (χ0n) is 10.2. The molecule has 2 heterocycles. The van der Waals surface area contributed by atoms with Gasteiger partial charge in [0.2, 0.25) is 0 Å². The van der Waals surface area contributed by atoms with Gasteiger partial charge in [0.1, 0.15) is 11.5 Å². The molecule has 3 heteroatoms. The molecule has 1 aliphatic rings. The summed E-state index contributed by atoms with van der Waals surface area (Å²) >= 11 is 0. The van der Waals surface area contributed by atoms with Crippen LogP contribution in [0.2, 0.25) is 0 Å². The molecule has 1 fully saturated rings. The van der Waals surface area contributed by atoms with Crippen LogP contribution in [0.5, 0.6) is 0 Å². The van der Waals surface area contributed by atoms with Crippen LogP contribution in [0, 0.1) is 6.92 Å². The van der Waals surface area contributed by atoms with Crippen LogP contribution in [0.15, 0.2) is 18.3 Å². The van der Waals surface area contributed by atoms with Gasteiger partial charge in [-0.1, -0.05) is 12.5 Å². The fourth-order valence-electron chi connectivity index (χ4n) is 2.53. The van der Waals surface area contributed by atoms with Crippen molar-refractivity contribution in [2.75, 3.05) is 0 Å². The maximum absolute atomic E-state index is 11.7. The third-order valence-electron chi connectivity index (χ3n) is 3.70. The van der Waals surface area contributed by atoms with Crippen molar-refractivity contribution in [3.05, 3.63) is 35.4 Å². The SMILES string of the molecule is CC(=O)c1nc(C2CCC2)n2cccc(C)c12. The van der Waals surface area contributed by atoms with Gasteiger partial charge in [0.25, 0.3) is 0 Å². The molecule has 2 aromatic rings. The quantitative estimate of drug-likeness (QED) is 0.740. The minimum absolute atomic E-state index is 0.0578. The second kappa shape index (κ2) is 3.69. The molecule has 0 bridgehead atoms. The summed E-state index contributed by atoms with van der Waals surface area (Å²) in [6.07, 6.45) is 5.70. The van der Waals surface area contributed by atoms with Crippen molar-refractivity contribution in [3.63, 3.8) is 0 Å². The second-order valence-electron chi connectivity index (χ2n) is 4.91. The van der Waals surface area contributed by atoms with Gasteiger partial charge >= 0.3 is 0 Å². The molecule has 0 aromatic carbocycles. The smallest absolute Gasteiger partial charge is 0.180 e. The van der Waals surface area contributed by atoms with E-state index in [1.165, 1.54) is 19.3 Å². The molecular formula is C14H16N2O. The Balaban J connectivity index is 2.30. The number of rotatable bonds is 2. The monoisotopic (exact) mass is 228 g/mol.